The molecule has 0 atom stereocenters. The number of thiazole rings is 1. The van der Waals surface area contributed by atoms with Gasteiger partial charge in [-0.3, -0.25) is 4.90 Å². The van der Waals surface area contributed by atoms with Gasteiger partial charge in [0.15, 0.2) is 0 Å². The Morgan fingerprint density at radius 3 is 2.00 bits per heavy atom. The Hall–Kier alpha value is -1.14. The van der Waals surface area contributed by atoms with E-state index in [-0.39, 0.29) is 23.2 Å². The number of hydrogen-bond acceptors (Lipinski definition) is 5. The zero-order valence-electron chi connectivity index (χ0n) is 20.5. The second-order valence-corrected chi connectivity index (χ2v) is 12.0. The van der Waals surface area contributed by atoms with Gasteiger partial charge in [-0.15, -0.1) is 23.7 Å². The molecule has 2 heterocycles. The van der Waals surface area contributed by atoms with Crippen LogP contribution < -0.4 is 0 Å². The van der Waals surface area contributed by atoms with Gasteiger partial charge in [0.05, 0.1) is 12.2 Å². The topological polar surface area (TPSA) is 39.6 Å². The Morgan fingerprint density at radius 1 is 1.03 bits per heavy atom. The Labute approximate surface area is 199 Å². The lowest BCUT2D eigenvalue weighted by Gasteiger charge is -2.34. The van der Waals surface area contributed by atoms with Crippen molar-refractivity contribution in [3.63, 3.8) is 0 Å². The SMILES string of the molecule is CN(C)C1CCN(Cc2nc(-c3cc(C(C)(C)C)c(O)c(C(C)(C)C)c3)cs2)CC1.Cl. The summed E-state index contributed by atoms with van der Waals surface area (Å²) in [4.78, 5) is 9.87. The molecule has 0 saturated carbocycles. The van der Waals surface area contributed by atoms with Gasteiger partial charge in [-0.25, -0.2) is 4.98 Å². The molecule has 0 amide bonds. The molecule has 1 saturated heterocycles. The summed E-state index contributed by atoms with van der Waals surface area (Å²) in [6.07, 6.45) is 2.46. The third-order valence-corrected chi connectivity index (χ3v) is 7.05. The molecule has 1 fully saturated rings. The Bertz CT molecular complexity index is 837. The molecule has 1 N–H and O–H groups in total. The number of likely N-dealkylation sites (tertiary alicyclic amines) is 1. The lowest BCUT2D eigenvalue weighted by molar-refractivity contribution is 0.140. The van der Waals surface area contributed by atoms with Crippen LogP contribution in [-0.4, -0.2) is 53.1 Å². The van der Waals surface area contributed by atoms with Crippen LogP contribution in [0.2, 0.25) is 0 Å². The molecule has 0 aliphatic carbocycles. The predicted octanol–water partition coefficient (Wildman–Crippen LogP) is 6.06. The summed E-state index contributed by atoms with van der Waals surface area (Å²) in [6, 6.07) is 4.97. The summed E-state index contributed by atoms with van der Waals surface area (Å²) in [5.74, 6) is 0.429. The van der Waals surface area contributed by atoms with Crippen LogP contribution in [0.15, 0.2) is 17.5 Å². The maximum Gasteiger partial charge on any atom is 0.123 e. The smallest absolute Gasteiger partial charge is 0.123 e. The van der Waals surface area contributed by atoms with Crippen LogP contribution in [0.3, 0.4) is 0 Å². The highest BCUT2D eigenvalue weighted by Gasteiger charge is 2.27. The number of aromatic nitrogens is 1. The van der Waals surface area contributed by atoms with Gasteiger partial charge in [-0.05, 0) is 49.9 Å². The fourth-order valence-electron chi connectivity index (χ4n) is 4.23. The first-order valence-electron chi connectivity index (χ1n) is 11.1. The summed E-state index contributed by atoms with van der Waals surface area (Å²) >= 11 is 1.75. The molecule has 31 heavy (non-hydrogen) atoms. The van der Waals surface area contributed by atoms with E-state index in [9.17, 15) is 5.11 Å². The predicted molar refractivity (Wildman–Crippen MR) is 136 cm³/mol. The van der Waals surface area contributed by atoms with Gasteiger partial charge >= 0.3 is 0 Å². The van der Waals surface area contributed by atoms with Crippen molar-refractivity contribution in [2.75, 3.05) is 27.2 Å². The zero-order valence-corrected chi connectivity index (χ0v) is 22.1. The number of benzene rings is 1. The Balaban J connectivity index is 0.00000341. The molecule has 6 heteroatoms. The number of piperidine rings is 1. The van der Waals surface area contributed by atoms with Crippen molar-refractivity contribution in [3.05, 3.63) is 33.6 Å². The molecule has 1 aromatic heterocycles. The number of phenols is 1. The number of hydrogen-bond donors (Lipinski definition) is 1. The average Bonchev–Trinajstić information content (AvgIpc) is 3.09. The van der Waals surface area contributed by atoms with Crippen LogP contribution in [0.5, 0.6) is 5.75 Å². The molecule has 0 bridgehead atoms. The second kappa shape index (κ2) is 9.78. The maximum atomic E-state index is 11.0. The largest absolute Gasteiger partial charge is 0.507 e. The molecule has 2 aromatic rings. The van der Waals surface area contributed by atoms with Gasteiger partial charge in [0.1, 0.15) is 10.8 Å². The molecule has 0 unspecified atom stereocenters. The molecule has 0 spiro atoms. The summed E-state index contributed by atoms with van der Waals surface area (Å²) in [6.45, 7) is 16.1. The minimum absolute atomic E-state index is 0. The first-order chi connectivity index (χ1) is 13.9. The highest BCUT2D eigenvalue weighted by atomic mass is 35.5. The van der Waals surface area contributed by atoms with Gasteiger partial charge in [0.25, 0.3) is 0 Å². The summed E-state index contributed by atoms with van der Waals surface area (Å²) in [5.41, 5.74) is 3.85. The van der Waals surface area contributed by atoms with Crippen molar-refractivity contribution in [1.29, 1.82) is 0 Å². The van der Waals surface area contributed by atoms with Crippen LogP contribution in [-0.2, 0) is 17.4 Å². The van der Waals surface area contributed by atoms with Crippen molar-refractivity contribution in [1.82, 2.24) is 14.8 Å². The van der Waals surface area contributed by atoms with E-state index in [0.717, 1.165) is 42.0 Å². The van der Waals surface area contributed by atoms with E-state index in [2.05, 4.69) is 83.0 Å². The van der Waals surface area contributed by atoms with Gasteiger partial charge in [0, 0.05) is 41.2 Å². The van der Waals surface area contributed by atoms with Crippen LogP contribution in [0.1, 0.15) is 70.5 Å². The molecular formula is C25H40ClN3OS. The van der Waals surface area contributed by atoms with Crippen molar-refractivity contribution >= 4 is 23.7 Å². The normalized spacial score (nSPS) is 16.5. The monoisotopic (exact) mass is 465 g/mol. The van der Waals surface area contributed by atoms with Gasteiger partial charge < -0.3 is 10.0 Å². The molecule has 0 radical (unpaired) electrons. The van der Waals surface area contributed by atoms with Gasteiger partial charge in [0.2, 0.25) is 0 Å². The van der Waals surface area contributed by atoms with Gasteiger partial charge in [-0.2, -0.15) is 0 Å². The lowest BCUT2D eigenvalue weighted by Crippen LogP contribution is -2.41. The number of rotatable bonds is 4. The molecule has 1 aromatic carbocycles. The third-order valence-electron chi connectivity index (χ3n) is 6.22. The summed E-state index contributed by atoms with van der Waals surface area (Å²) < 4.78 is 0. The fourth-order valence-corrected chi connectivity index (χ4v) is 5.07. The minimum atomic E-state index is -0.129. The summed E-state index contributed by atoms with van der Waals surface area (Å²) in [5, 5.41) is 14.3. The zero-order chi connectivity index (χ0) is 22.3. The van der Waals surface area contributed by atoms with E-state index in [0.29, 0.717) is 11.8 Å². The highest BCUT2D eigenvalue weighted by molar-refractivity contribution is 7.09. The molecular weight excluding hydrogens is 426 g/mol. The van der Waals surface area contributed by atoms with E-state index >= 15 is 0 Å². The Kier molecular flexibility index (Phi) is 8.24. The van der Waals surface area contributed by atoms with Crippen LogP contribution in [0.25, 0.3) is 11.3 Å². The van der Waals surface area contributed by atoms with Crippen LogP contribution in [0, 0.1) is 0 Å². The first-order valence-corrected chi connectivity index (χ1v) is 12.0. The molecule has 4 nitrogen and oxygen atoms in total. The van der Waals surface area contributed by atoms with Gasteiger partial charge in [-0.1, -0.05) is 41.5 Å². The fraction of sp³-hybridized carbons (Fsp3) is 0.640. The average molecular weight is 466 g/mol. The van der Waals surface area contributed by atoms with Crippen molar-refractivity contribution in [2.45, 2.75) is 77.8 Å². The Morgan fingerprint density at radius 2 is 1.55 bits per heavy atom. The van der Waals surface area contributed by atoms with Crippen LogP contribution >= 0.6 is 23.7 Å². The maximum absolute atomic E-state index is 11.0. The van der Waals surface area contributed by atoms with E-state index in [1.165, 1.54) is 17.8 Å². The highest BCUT2D eigenvalue weighted by Crippen LogP contribution is 2.42. The standard InChI is InChI=1S/C25H39N3OS.ClH/c1-24(2,3)19-13-17(14-20(23(19)29)25(4,5)6)21-16-30-22(26-21)15-28-11-9-18(10-12-28)27(7)8;/h13-14,16,18,29H,9-12,15H2,1-8H3;1H. The second-order valence-electron chi connectivity index (χ2n) is 11.0. The third kappa shape index (κ3) is 6.22. The number of nitrogens with zero attached hydrogens (tertiary/aromatic N) is 3. The minimum Gasteiger partial charge on any atom is -0.507 e. The first kappa shape index (κ1) is 26.1. The number of aromatic hydroxyl groups is 1. The van der Waals surface area contributed by atoms with E-state index in [4.69, 9.17) is 4.98 Å². The molecule has 1 aliphatic rings. The van der Waals surface area contributed by atoms with Crippen molar-refractivity contribution in [2.24, 2.45) is 0 Å². The number of phenolic OH excluding ortho intramolecular Hbond substituents is 1. The van der Waals surface area contributed by atoms with E-state index in [1.54, 1.807) is 11.3 Å². The van der Waals surface area contributed by atoms with Crippen molar-refractivity contribution < 1.29 is 5.11 Å². The molecule has 1 aliphatic heterocycles. The molecule has 3 rings (SSSR count). The van der Waals surface area contributed by atoms with Crippen LogP contribution in [0.4, 0.5) is 0 Å². The lowest BCUT2D eigenvalue weighted by atomic mass is 9.78. The van der Waals surface area contributed by atoms with E-state index < -0.39 is 0 Å². The van der Waals surface area contributed by atoms with Crippen molar-refractivity contribution in [3.8, 4) is 17.0 Å². The summed E-state index contributed by atoms with van der Waals surface area (Å²) in [7, 11) is 4.37. The molecule has 174 valence electrons. The number of halogens is 1. The van der Waals surface area contributed by atoms with E-state index in [1.807, 2.05) is 0 Å². The quantitative estimate of drug-likeness (QED) is 0.595.